The summed E-state index contributed by atoms with van der Waals surface area (Å²) in [5, 5.41) is 2.92. The van der Waals surface area contributed by atoms with Crippen LogP contribution in [0.15, 0.2) is 54.6 Å². The van der Waals surface area contributed by atoms with Gasteiger partial charge in [-0.25, -0.2) is 0 Å². The van der Waals surface area contributed by atoms with E-state index >= 15 is 0 Å². The van der Waals surface area contributed by atoms with E-state index in [1.54, 1.807) is 36.3 Å². The Kier molecular flexibility index (Phi) is 7.00. The minimum atomic E-state index is -0.460. The van der Waals surface area contributed by atoms with Crippen molar-refractivity contribution in [3.8, 4) is 5.75 Å². The van der Waals surface area contributed by atoms with Crippen LogP contribution in [0.5, 0.6) is 5.75 Å². The molecule has 2 aromatic carbocycles. The quantitative estimate of drug-likeness (QED) is 0.699. The molecule has 0 aliphatic carbocycles. The number of benzene rings is 2. The molecule has 0 radical (unpaired) electrons. The summed E-state index contributed by atoms with van der Waals surface area (Å²) in [7, 11) is 1.55. The number of nitrogens with one attached hydrogen (secondary N) is 1. The van der Waals surface area contributed by atoms with Crippen molar-refractivity contribution < 1.29 is 19.1 Å². The van der Waals surface area contributed by atoms with Gasteiger partial charge < -0.3 is 15.0 Å². The van der Waals surface area contributed by atoms with E-state index < -0.39 is 6.04 Å². The normalized spacial score (nSPS) is 15.8. The second-order valence-electron chi connectivity index (χ2n) is 7.10. The Morgan fingerprint density at radius 2 is 1.86 bits per heavy atom. The molecule has 3 rings (SSSR count). The number of carbonyl (C=O) groups is 3. The molecule has 6 heteroatoms. The molecule has 2 amide bonds. The van der Waals surface area contributed by atoms with Crippen LogP contribution >= 0.6 is 0 Å². The molecule has 1 heterocycles. The smallest absolute Gasteiger partial charge is 0.243 e. The molecule has 1 aliphatic heterocycles. The summed E-state index contributed by atoms with van der Waals surface area (Å²) < 4.78 is 5.14. The first-order valence-corrected chi connectivity index (χ1v) is 9.87. The van der Waals surface area contributed by atoms with Crippen molar-refractivity contribution in [2.75, 3.05) is 13.7 Å². The van der Waals surface area contributed by atoms with Crippen LogP contribution < -0.4 is 10.1 Å². The Bertz CT molecular complexity index is 866. The van der Waals surface area contributed by atoms with Gasteiger partial charge in [-0.15, -0.1) is 0 Å². The topological polar surface area (TPSA) is 75.7 Å². The van der Waals surface area contributed by atoms with Crippen molar-refractivity contribution in [1.82, 2.24) is 10.2 Å². The third-order valence-electron chi connectivity index (χ3n) is 5.14. The van der Waals surface area contributed by atoms with Gasteiger partial charge in [0, 0.05) is 31.5 Å². The molecule has 1 aliphatic rings. The van der Waals surface area contributed by atoms with E-state index in [1.165, 1.54) is 0 Å². The van der Waals surface area contributed by atoms with Gasteiger partial charge in [0.1, 0.15) is 11.8 Å². The highest BCUT2D eigenvalue weighted by Crippen LogP contribution is 2.20. The molecule has 6 nitrogen and oxygen atoms in total. The molecule has 1 unspecified atom stereocenters. The third kappa shape index (κ3) is 5.44. The van der Waals surface area contributed by atoms with Crippen LogP contribution in [0.1, 0.15) is 41.6 Å². The van der Waals surface area contributed by atoms with Crippen molar-refractivity contribution >= 4 is 17.6 Å². The maximum absolute atomic E-state index is 12.7. The van der Waals surface area contributed by atoms with Crippen molar-refractivity contribution in [3.63, 3.8) is 0 Å². The van der Waals surface area contributed by atoms with Crippen LogP contribution in [0.3, 0.4) is 0 Å². The Morgan fingerprint density at radius 1 is 1.07 bits per heavy atom. The summed E-state index contributed by atoms with van der Waals surface area (Å²) in [6.45, 7) is 0.988. The van der Waals surface area contributed by atoms with Crippen LogP contribution in [0.4, 0.5) is 0 Å². The monoisotopic (exact) mass is 394 g/mol. The van der Waals surface area contributed by atoms with Gasteiger partial charge in [0.05, 0.1) is 7.11 Å². The lowest BCUT2D eigenvalue weighted by molar-refractivity contribution is -0.138. The maximum atomic E-state index is 12.7. The van der Waals surface area contributed by atoms with Crippen molar-refractivity contribution in [3.05, 3.63) is 65.7 Å². The average molecular weight is 394 g/mol. The minimum absolute atomic E-state index is 0.0957. The summed E-state index contributed by atoms with van der Waals surface area (Å²) in [5.41, 5.74) is 1.54. The Morgan fingerprint density at radius 3 is 2.62 bits per heavy atom. The molecule has 1 N–H and O–H groups in total. The molecule has 1 fully saturated rings. The number of nitrogens with zero attached hydrogens (tertiary/aromatic N) is 1. The van der Waals surface area contributed by atoms with Gasteiger partial charge in [-0.2, -0.15) is 0 Å². The SMILES string of the molecule is COc1cccc(C(=O)CCC(=O)N2CCCC2C(=O)NCc2ccccc2)c1. The van der Waals surface area contributed by atoms with Crippen LogP contribution in [0.2, 0.25) is 0 Å². The van der Waals surface area contributed by atoms with E-state index in [2.05, 4.69) is 5.32 Å². The highest BCUT2D eigenvalue weighted by atomic mass is 16.5. The second-order valence-corrected chi connectivity index (χ2v) is 7.10. The van der Waals surface area contributed by atoms with Gasteiger partial charge in [-0.1, -0.05) is 42.5 Å². The molecular formula is C23H26N2O4. The summed E-state index contributed by atoms with van der Waals surface area (Å²) in [6.07, 6.45) is 1.65. The molecule has 2 aromatic rings. The van der Waals surface area contributed by atoms with Gasteiger partial charge in [0.15, 0.2) is 5.78 Å². The van der Waals surface area contributed by atoms with E-state index in [-0.39, 0.29) is 30.4 Å². The number of ether oxygens (including phenoxy) is 1. The van der Waals surface area contributed by atoms with Crippen LogP contribution in [-0.2, 0) is 16.1 Å². The van der Waals surface area contributed by atoms with Crippen LogP contribution in [-0.4, -0.2) is 42.2 Å². The van der Waals surface area contributed by atoms with Crippen molar-refractivity contribution in [2.24, 2.45) is 0 Å². The fraction of sp³-hybridized carbons (Fsp3) is 0.348. The zero-order chi connectivity index (χ0) is 20.6. The van der Waals surface area contributed by atoms with Crippen molar-refractivity contribution in [1.29, 1.82) is 0 Å². The molecule has 29 heavy (non-hydrogen) atoms. The lowest BCUT2D eigenvalue weighted by Crippen LogP contribution is -2.45. The Balaban J connectivity index is 1.52. The molecule has 1 saturated heterocycles. The van der Waals surface area contributed by atoms with Crippen LogP contribution in [0.25, 0.3) is 0 Å². The summed E-state index contributed by atoms with van der Waals surface area (Å²) in [5.74, 6) is 0.204. The third-order valence-corrected chi connectivity index (χ3v) is 5.14. The zero-order valence-electron chi connectivity index (χ0n) is 16.6. The fourth-order valence-corrected chi connectivity index (χ4v) is 3.55. The second kappa shape index (κ2) is 9.87. The van der Waals surface area contributed by atoms with Gasteiger partial charge in [0.2, 0.25) is 11.8 Å². The van der Waals surface area contributed by atoms with E-state index in [1.807, 2.05) is 30.3 Å². The first-order chi connectivity index (χ1) is 14.1. The molecule has 0 aromatic heterocycles. The first kappa shape index (κ1) is 20.6. The molecule has 0 saturated carbocycles. The summed E-state index contributed by atoms with van der Waals surface area (Å²) >= 11 is 0. The number of amides is 2. The number of carbonyl (C=O) groups excluding carboxylic acids is 3. The van der Waals surface area contributed by atoms with E-state index in [9.17, 15) is 14.4 Å². The molecule has 1 atom stereocenters. The number of likely N-dealkylation sites (tertiary alicyclic amines) is 1. The lowest BCUT2D eigenvalue weighted by Gasteiger charge is -2.24. The number of rotatable bonds is 8. The number of hydrogen-bond acceptors (Lipinski definition) is 4. The number of hydrogen-bond donors (Lipinski definition) is 1. The number of methoxy groups -OCH3 is 1. The number of ketones is 1. The minimum Gasteiger partial charge on any atom is -0.497 e. The Labute approximate surface area is 170 Å². The Hall–Kier alpha value is -3.15. The van der Waals surface area contributed by atoms with Gasteiger partial charge in [-0.05, 0) is 30.5 Å². The predicted octanol–water partition coefficient (Wildman–Crippen LogP) is 2.97. The summed E-state index contributed by atoms with van der Waals surface area (Å²) in [4.78, 5) is 39.3. The highest BCUT2D eigenvalue weighted by molar-refractivity contribution is 5.98. The molecule has 0 spiro atoms. The zero-order valence-corrected chi connectivity index (χ0v) is 16.6. The van der Waals surface area contributed by atoms with E-state index in [0.29, 0.717) is 30.8 Å². The van der Waals surface area contributed by atoms with Crippen molar-refractivity contribution in [2.45, 2.75) is 38.3 Å². The highest BCUT2D eigenvalue weighted by Gasteiger charge is 2.33. The molecule has 152 valence electrons. The van der Waals surface area contributed by atoms with Gasteiger partial charge >= 0.3 is 0 Å². The average Bonchev–Trinajstić information content (AvgIpc) is 3.26. The maximum Gasteiger partial charge on any atom is 0.243 e. The fourth-order valence-electron chi connectivity index (χ4n) is 3.55. The lowest BCUT2D eigenvalue weighted by atomic mass is 10.1. The van der Waals surface area contributed by atoms with Gasteiger partial charge in [0.25, 0.3) is 0 Å². The number of Topliss-reactive ketones (excluding diaryl/α,β-unsaturated/α-hetero) is 1. The first-order valence-electron chi connectivity index (χ1n) is 9.87. The molecular weight excluding hydrogens is 368 g/mol. The molecule has 0 bridgehead atoms. The van der Waals surface area contributed by atoms with Gasteiger partial charge in [-0.3, -0.25) is 14.4 Å². The van der Waals surface area contributed by atoms with Crippen LogP contribution in [0, 0.1) is 0 Å². The standard InChI is InChI=1S/C23H26N2O4/c1-29-19-10-5-9-18(15-19)21(26)12-13-22(27)25-14-6-11-20(25)23(28)24-16-17-7-3-2-4-8-17/h2-5,7-10,15,20H,6,11-14,16H2,1H3,(H,24,28). The predicted molar refractivity (Wildman–Crippen MR) is 110 cm³/mol. The van der Waals surface area contributed by atoms with E-state index in [0.717, 1.165) is 12.0 Å². The summed E-state index contributed by atoms with van der Waals surface area (Å²) in [6, 6.07) is 16.1. The largest absolute Gasteiger partial charge is 0.497 e. The van der Waals surface area contributed by atoms with E-state index in [4.69, 9.17) is 4.74 Å².